The fourth-order valence-corrected chi connectivity index (χ4v) is 3.43. The summed E-state index contributed by atoms with van der Waals surface area (Å²) in [6.45, 7) is 6.99. The van der Waals surface area contributed by atoms with Gasteiger partial charge >= 0.3 is 0 Å². The zero-order valence-corrected chi connectivity index (χ0v) is 14.8. The number of benzene rings is 1. The molecule has 0 radical (unpaired) electrons. The number of rotatable bonds is 6. The predicted molar refractivity (Wildman–Crippen MR) is 90.1 cm³/mol. The second-order valence-corrected chi connectivity index (χ2v) is 6.51. The van der Waals surface area contributed by atoms with Crippen LogP contribution in [0.4, 0.5) is 0 Å². The van der Waals surface area contributed by atoms with Crippen molar-refractivity contribution in [2.24, 2.45) is 0 Å². The van der Waals surface area contributed by atoms with Crippen molar-refractivity contribution in [1.29, 1.82) is 0 Å². The average molecular weight is 321 g/mol. The van der Waals surface area contributed by atoms with Gasteiger partial charge in [0.2, 0.25) is 0 Å². The van der Waals surface area contributed by atoms with Crippen LogP contribution in [0.25, 0.3) is 0 Å². The lowest BCUT2D eigenvalue weighted by Crippen LogP contribution is -3.15. The molecule has 0 saturated carbocycles. The number of amides is 1. The Bertz CT molecular complexity index is 545. The molecule has 2 rings (SSSR count). The molecule has 1 saturated heterocycles. The van der Waals surface area contributed by atoms with Gasteiger partial charge in [-0.2, -0.15) is 0 Å². The van der Waals surface area contributed by atoms with Crippen LogP contribution >= 0.6 is 0 Å². The van der Waals surface area contributed by atoms with Crippen LogP contribution in [-0.4, -0.2) is 38.8 Å². The molecule has 3 atom stereocenters. The van der Waals surface area contributed by atoms with E-state index in [2.05, 4.69) is 5.32 Å². The first-order valence-electron chi connectivity index (χ1n) is 8.35. The molecular formula is C18H29N2O3+. The number of quaternary nitrogens is 1. The molecule has 1 aromatic carbocycles. The van der Waals surface area contributed by atoms with Crippen LogP contribution in [0.5, 0.6) is 11.5 Å². The minimum Gasteiger partial charge on any atom is -0.497 e. The number of nitrogens with one attached hydrogen (secondary N) is 2. The lowest BCUT2D eigenvalue weighted by molar-refractivity contribution is -0.932. The molecular weight excluding hydrogens is 292 g/mol. The molecule has 1 heterocycles. The van der Waals surface area contributed by atoms with E-state index in [1.165, 1.54) is 4.90 Å². The molecule has 0 aromatic heterocycles. The Morgan fingerprint density at radius 1 is 1.26 bits per heavy atom. The number of carbonyl (C=O) groups is 1. The molecule has 128 valence electrons. The van der Waals surface area contributed by atoms with E-state index >= 15 is 0 Å². The van der Waals surface area contributed by atoms with Crippen LogP contribution < -0.4 is 19.7 Å². The Labute approximate surface area is 139 Å². The van der Waals surface area contributed by atoms with E-state index in [9.17, 15) is 4.79 Å². The third-order valence-corrected chi connectivity index (χ3v) is 4.60. The molecule has 1 aromatic rings. The second-order valence-electron chi connectivity index (χ2n) is 6.51. The van der Waals surface area contributed by atoms with Gasteiger partial charge in [0.15, 0.2) is 6.04 Å². The Hall–Kier alpha value is -1.75. The van der Waals surface area contributed by atoms with Crippen molar-refractivity contribution in [3.8, 4) is 11.5 Å². The molecule has 1 aliphatic heterocycles. The van der Waals surface area contributed by atoms with E-state index in [1.54, 1.807) is 14.2 Å². The number of likely N-dealkylation sites (tertiary alicyclic amines) is 1. The molecule has 1 unspecified atom stereocenters. The third kappa shape index (κ3) is 3.96. The van der Waals surface area contributed by atoms with Crippen molar-refractivity contribution in [2.45, 2.75) is 51.7 Å². The molecule has 1 fully saturated rings. The van der Waals surface area contributed by atoms with Gasteiger partial charge in [-0.15, -0.1) is 0 Å². The summed E-state index contributed by atoms with van der Waals surface area (Å²) in [5, 5.41) is 3.03. The van der Waals surface area contributed by atoms with E-state index in [0.29, 0.717) is 0 Å². The van der Waals surface area contributed by atoms with E-state index in [4.69, 9.17) is 9.47 Å². The number of hydrogen-bond donors (Lipinski definition) is 2. The summed E-state index contributed by atoms with van der Waals surface area (Å²) in [6, 6.07) is 6.24. The zero-order valence-electron chi connectivity index (χ0n) is 14.8. The summed E-state index contributed by atoms with van der Waals surface area (Å²) in [5.74, 6) is 1.81. The predicted octanol–water partition coefficient (Wildman–Crippen LogP) is 1.34. The summed E-state index contributed by atoms with van der Waals surface area (Å²) in [6.07, 6.45) is 2.16. The van der Waals surface area contributed by atoms with Gasteiger partial charge in [-0.3, -0.25) is 4.79 Å². The van der Waals surface area contributed by atoms with Gasteiger partial charge in [0.25, 0.3) is 5.91 Å². The topological polar surface area (TPSA) is 52.0 Å². The van der Waals surface area contributed by atoms with Crippen molar-refractivity contribution in [2.75, 3.05) is 20.8 Å². The highest BCUT2D eigenvalue weighted by Crippen LogP contribution is 2.31. The fourth-order valence-electron chi connectivity index (χ4n) is 3.43. The summed E-state index contributed by atoms with van der Waals surface area (Å²) in [4.78, 5) is 13.7. The molecule has 0 spiro atoms. The van der Waals surface area contributed by atoms with Gasteiger partial charge < -0.3 is 19.7 Å². The molecule has 1 amide bonds. The highest BCUT2D eigenvalue weighted by molar-refractivity contribution is 5.80. The lowest BCUT2D eigenvalue weighted by Gasteiger charge is -2.28. The summed E-state index contributed by atoms with van der Waals surface area (Å²) in [7, 11) is 3.36. The van der Waals surface area contributed by atoms with Crippen LogP contribution in [0, 0.1) is 0 Å². The van der Waals surface area contributed by atoms with Crippen LogP contribution in [-0.2, 0) is 4.79 Å². The Morgan fingerprint density at radius 3 is 2.61 bits per heavy atom. The Morgan fingerprint density at radius 2 is 2.00 bits per heavy atom. The first-order valence-corrected chi connectivity index (χ1v) is 8.35. The van der Waals surface area contributed by atoms with Crippen molar-refractivity contribution in [1.82, 2.24) is 5.32 Å². The van der Waals surface area contributed by atoms with Gasteiger partial charge in [-0.05, 0) is 39.0 Å². The minimum absolute atomic E-state index is 0.0826. The highest BCUT2D eigenvalue weighted by Gasteiger charge is 2.38. The molecule has 0 bridgehead atoms. The summed E-state index contributed by atoms with van der Waals surface area (Å²) >= 11 is 0. The normalized spacial score (nSPS) is 22.0. The molecule has 5 nitrogen and oxygen atoms in total. The Kier molecular flexibility index (Phi) is 5.88. The van der Waals surface area contributed by atoms with Gasteiger partial charge in [0.05, 0.1) is 26.3 Å². The van der Waals surface area contributed by atoms with Gasteiger partial charge in [0.1, 0.15) is 17.5 Å². The SMILES string of the molecule is COc1ccc(OC)c([C@H]2CCC[NH+]2[C@@H](C)C(=O)NC(C)C)c1. The molecule has 0 aliphatic carbocycles. The molecule has 2 N–H and O–H groups in total. The number of ether oxygens (including phenoxy) is 2. The zero-order chi connectivity index (χ0) is 17.0. The van der Waals surface area contributed by atoms with E-state index in [0.717, 1.165) is 36.4 Å². The fraction of sp³-hybridized carbons (Fsp3) is 0.611. The third-order valence-electron chi connectivity index (χ3n) is 4.60. The molecule has 1 aliphatic rings. The first-order chi connectivity index (χ1) is 11.0. The van der Waals surface area contributed by atoms with Crippen LogP contribution in [0.3, 0.4) is 0 Å². The highest BCUT2D eigenvalue weighted by atomic mass is 16.5. The number of carbonyl (C=O) groups excluding carboxylic acids is 1. The average Bonchev–Trinajstić information content (AvgIpc) is 3.02. The maximum absolute atomic E-state index is 12.4. The lowest BCUT2D eigenvalue weighted by atomic mass is 10.0. The monoisotopic (exact) mass is 321 g/mol. The standard InChI is InChI=1S/C18H28N2O3/c1-12(2)19-18(21)13(3)20-10-6-7-16(20)15-11-14(22-4)8-9-17(15)23-5/h8-9,11-13,16H,6-7,10H2,1-5H3,(H,19,21)/p+1/t13-,16+/m0/s1. The Balaban J connectivity index is 2.26. The second kappa shape index (κ2) is 7.68. The van der Waals surface area contributed by atoms with Crippen LogP contribution in [0.15, 0.2) is 18.2 Å². The summed E-state index contributed by atoms with van der Waals surface area (Å²) < 4.78 is 10.9. The van der Waals surface area contributed by atoms with Crippen LogP contribution in [0.1, 0.15) is 45.2 Å². The maximum Gasteiger partial charge on any atom is 0.278 e. The van der Waals surface area contributed by atoms with E-state index < -0.39 is 0 Å². The quantitative estimate of drug-likeness (QED) is 0.831. The number of hydrogen-bond acceptors (Lipinski definition) is 3. The molecule has 23 heavy (non-hydrogen) atoms. The van der Waals surface area contributed by atoms with Crippen molar-refractivity contribution < 1.29 is 19.2 Å². The van der Waals surface area contributed by atoms with Gasteiger partial charge in [-0.25, -0.2) is 0 Å². The molecule has 5 heteroatoms. The van der Waals surface area contributed by atoms with Crippen molar-refractivity contribution in [3.63, 3.8) is 0 Å². The van der Waals surface area contributed by atoms with E-state index in [-0.39, 0.29) is 24.0 Å². The minimum atomic E-state index is -0.0826. The van der Waals surface area contributed by atoms with Crippen LogP contribution in [0.2, 0.25) is 0 Å². The van der Waals surface area contributed by atoms with Crippen molar-refractivity contribution in [3.05, 3.63) is 23.8 Å². The van der Waals surface area contributed by atoms with Gasteiger partial charge in [0, 0.05) is 18.9 Å². The number of methoxy groups -OCH3 is 2. The first kappa shape index (κ1) is 17.6. The maximum atomic E-state index is 12.4. The van der Waals surface area contributed by atoms with E-state index in [1.807, 2.05) is 39.0 Å². The summed E-state index contributed by atoms with van der Waals surface area (Å²) in [5.41, 5.74) is 1.13. The largest absolute Gasteiger partial charge is 0.497 e. The van der Waals surface area contributed by atoms with Crippen molar-refractivity contribution >= 4 is 5.91 Å². The van der Waals surface area contributed by atoms with Gasteiger partial charge in [-0.1, -0.05) is 0 Å². The smallest absolute Gasteiger partial charge is 0.278 e.